The zero-order chi connectivity index (χ0) is 19.4. The Morgan fingerprint density at radius 2 is 1.30 bits per heavy atom. The van der Waals surface area contributed by atoms with Gasteiger partial charge in [-0.15, -0.1) is 0 Å². The van der Waals surface area contributed by atoms with Gasteiger partial charge in [-0.25, -0.2) is 9.59 Å². The summed E-state index contributed by atoms with van der Waals surface area (Å²) >= 11 is 6.22. The molecule has 0 fully saturated rings. The molecular formula is C22H19ClO4. The lowest BCUT2D eigenvalue weighted by atomic mass is 9.97. The van der Waals surface area contributed by atoms with Gasteiger partial charge in [-0.2, -0.15) is 0 Å². The van der Waals surface area contributed by atoms with Crippen LogP contribution in [0.2, 0.25) is 5.02 Å². The molecule has 0 spiro atoms. The van der Waals surface area contributed by atoms with Crippen molar-refractivity contribution in [3.05, 3.63) is 57.9 Å². The first-order valence-electron chi connectivity index (χ1n) is 8.72. The number of esters is 2. The number of hydrogen-bond donors (Lipinski definition) is 0. The van der Waals surface area contributed by atoms with Gasteiger partial charge in [0.1, 0.15) is 0 Å². The van der Waals surface area contributed by atoms with Crippen molar-refractivity contribution in [2.24, 2.45) is 0 Å². The van der Waals surface area contributed by atoms with Gasteiger partial charge in [-0.05, 0) is 58.0 Å². The van der Waals surface area contributed by atoms with E-state index in [0.29, 0.717) is 23.5 Å². The van der Waals surface area contributed by atoms with Crippen LogP contribution < -0.4 is 10.4 Å². The summed E-state index contributed by atoms with van der Waals surface area (Å²) in [6.45, 7) is 4.11. The Morgan fingerprint density at radius 1 is 0.815 bits per heavy atom. The molecule has 0 amide bonds. The molecule has 0 aliphatic rings. The lowest BCUT2D eigenvalue weighted by molar-refractivity contribution is -0.136. The fourth-order valence-electron chi connectivity index (χ4n) is 3.13. The molecule has 0 heterocycles. The summed E-state index contributed by atoms with van der Waals surface area (Å²) in [5, 5.41) is 5.23. The highest BCUT2D eigenvalue weighted by molar-refractivity contribution is 6.31. The van der Waals surface area contributed by atoms with Crippen molar-refractivity contribution in [1.29, 1.82) is 0 Å². The van der Waals surface area contributed by atoms with Crippen molar-refractivity contribution >= 4 is 57.2 Å². The number of fused-ring (bicyclic) bond motifs is 2. The number of carbonyl (C=O) groups is 2. The van der Waals surface area contributed by atoms with Crippen LogP contribution in [0.3, 0.4) is 0 Å². The van der Waals surface area contributed by atoms with Gasteiger partial charge in [0.15, 0.2) is 0 Å². The molecule has 0 bridgehead atoms. The second-order valence-corrected chi connectivity index (χ2v) is 6.29. The molecule has 3 rings (SSSR count). The van der Waals surface area contributed by atoms with E-state index >= 15 is 0 Å². The van der Waals surface area contributed by atoms with Gasteiger partial charge in [0.25, 0.3) is 0 Å². The standard InChI is InChI=1S/C22H19ClO4/c1-3-26-21(24)12-19-15-7-5-6-8-16(15)20(13-22(25)27-4-2)18-11-14(23)9-10-17(18)19/h5-13H,3-4H2,1-2H3. The number of hydrogen-bond acceptors (Lipinski definition) is 4. The Hall–Kier alpha value is -2.85. The average molecular weight is 383 g/mol. The van der Waals surface area contributed by atoms with Crippen LogP contribution in [0.1, 0.15) is 13.8 Å². The third-order valence-corrected chi connectivity index (χ3v) is 4.40. The molecule has 0 aromatic heterocycles. The summed E-state index contributed by atoms with van der Waals surface area (Å²) in [6, 6.07) is 13.0. The highest BCUT2D eigenvalue weighted by atomic mass is 35.5. The number of benzene rings is 3. The van der Waals surface area contributed by atoms with Crippen LogP contribution in [-0.4, -0.2) is 25.2 Å². The number of ether oxygens (including phenoxy) is 2. The molecule has 138 valence electrons. The van der Waals surface area contributed by atoms with Gasteiger partial charge in [-0.1, -0.05) is 41.9 Å². The Labute approximate surface area is 161 Å². The van der Waals surface area contributed by atoms with Gasteiger partial charge in [0, 0.05) is 17.2 Å². The highest BCUT2D eigenvalue weighted by Crippen LogP contribution is 2.18. The Balaban J connectivity index is 2.51. The SMILES string of the molecule is CCOC(=O)C=c1c2ccccc2c(=CC(=O)OCC)c2cc(Cl)ccc12. The van der Waals surface area contributed by atoms with Crippen molar-refractivity contribution in [3.8, 4) is 0 Å². The largest absolute Gasteiger partial charge is 0.463 e. The minimum Gasteiger partial charge on any atom is -0.463 e. The van der Waals surface area contributed by atoms with Crippen LogP contribution in [0.15, 0.2) is 42.5 Å². The quantitative estimate of drug-likeness (QED) is 0.513. The average Bonchev–Trinajstić information content (AvgIpc) is 2.64. The van der Waals surface area contributed by atoms with Gasteiger partial charge in [-0.3, -0.25) is 0 Å². The first-order valence-corrected chi connectivity index (χ1v) is 9.10. The van der Waals surface area contributed by atoms with Gasteiger partial charge >= 0.3 is 11.9 Å². The van der Waals surface area contributed by atoms with E-state index in [2.05, 4.69) is 0 Å². The molecule has 0 radical (unpaired) electrons. The number of rotatable bonds is 4. The molecule has 0 aliphatic carbocycles. The molecule has 27 heavy (non-hydrogen) atoms. The minimum absolute atomic E-state index is 0.292. The van der Waals surface area contributed by atoms with E-state index in [4.69, 9.17) is 21.1 Å². The summed E-state index contributed by atoms with van der Waals surface area (Å²) in [6.07, 6.45) is 2.95. The van der Waals surface area contributed by atoms with Crippen LogP contribution in [0.5, 0.6) is 0 Å². The molecule has 0 aliphatic heterocycles. The summed E-state index contributed by atoms with van der Waals surface area (Å²) < 4.78 is 10.2. The minimum atomic E-state index is -0.425. The summed E-state index contributed by atoms with van der Waals surface area (Å²) in [5.41, 5.74) is 0. The number of carbonyl (C=O) groups excluding carboxylic acids is 2. The molecule has 4 nitrogen and oxygen atoms in total. The van der Waals surface area contributed by atoms with Gasteiger partial charge in [0.05, 0.1) is 13.2 Å². The van der Waals surface area contributed by atoms with Crippen molar-refractivity contribution in [1.82, 2.24) is 0 Å². The third-order valence-electron chi connectivity index (χ3n) is 4.17. The van der Waals surface area contributed by atoms with E-state index in [1.165, 1.54) is 12.2 Å². The van der Waals surface area contributed by atoms with E-state index in [9.17, 15) is 9.59 Å². The highest BCUT2D eigenvalue weighted by Gasteiger charge is 2.09. The fraction of sp³-hybridized carbons (Fsp3) is 0.182. The van der Waals surface area contributed by atoms with Crippen LogP contribution in [0.4, 0.5) is 0 Å². The van der Waals surface area contributed by atoms with E-state index < -0.39 is 11.9 Å². The smallest absolute Gasteiger partial charge is 0.331 e. The molecule has 0 atom stereocenters. The van der Waals surface area contributed by atoms with Crippen LogP contribution in [-0.2, 0) is 19.1 Å². The zero-order valence-electron chi connectivity index (χ0n) is 15.1. The summed E-state index contributed by atoms with van der Waals surface area (Å²) in [7, 11) is 0. The fourth-order valence-corrected chi connectivity index (χ4v) is 3.30. The third kappa shape index (κ3) is 3.96. The van der Waals surface area contributed by atoms with Crippen LogP contribution in [0.25, 0.3) is 33.7 Å². The lowest BCUT2D eigenvalue weighted by Crippen LogP contribution is -2.18. The zero-order valence-corrected chi connectivity index (χ0v) is 15.9. The Bertz CT molecular complexity index is 1150. The molecule has 0 unspecified atom stereocenters. The Kier molecular flexibility index (Phi) is 5.77. The first-order chi connectivity index (χ1) is 13.0. The predicted octanol–water partition coefficient (Wildman–Crippen LogP) is 3.33. The predicted molar refractivity (Wildman–Crippen MR) is 108 cm³/mol. The summed E-state index contributed by atoms with van der Waals surface area (Å²) in [4.78, 5) is 24.3. The van der Waals surface area contributed by atoms with Gasteiger partial charge in [0.2, 0.25) is 0 Å². The normalized spacial score (nSPS) is 12.6. The topological polar surface area (TPSA) is 52.6 Å². The maximum Gasteiger partial charge on any atom is 0.331 e. The van der Waals surface area contributed by atoms with Crippen molar-refractivity contribution in [2.45, 2.75) is 13.8 Å². The maximum atomic E-state index is 12.1. The molecule has 0 saturated heterocycles. The van der Waals surface area contributed by atoms with Crippen molar-refractivity contribution in [2.75, 3.05) is 13.2 Å². The molecular weight excluding hydrogens is 364 g/mol. The lowest BCUT2D eigenvalue weighted by Gasteiger charge is -2.08. The first kappa shape index (κ1) is 18.9. The van der Waals surface area contributed by atoms with E-state index in [1.54, 1.807) is 26.0 Å². The molecule has 0 N–H and O–H groups in total. The van der Waals surface area contributed by atoms with Crippen LogP contribution >= 0.6 is 11.6 Å². The molecule has 0 saturated carbocycles. The van der Waals surface area contributed by atoms with Crippen LogP contribution in [0, 0.1) is 0 Å². The van der Waals surface area contributed by atoms with E-state index in [-0.39, 0.29) is 0 Å². The van der Waals surface area contributed by atoms with E-state index in [0.717, 1.165) is 26.8 Å². The second-order valence-electron chi connectivity index (χ2n) is 5.86. The number of halogens is 1. The summed E-state index contributed by atoms with van der Waals surface area (Å²) in [5.74, 6) is -0.841. The maximum absolute atomic E-state index is 12.1. The van der Waals surface area contributed by atoms with Crippen molar-refractivity contribution in [3.63, 3.8) is 0 Å². The van der Waals surface area contributed by atoms with Gasteiger partial charge < -0.3 is 9.47 Å². The Morgan fingerprint density at radius 3 is 1.81 bits per heavy atom. The van der Waals surface area contributed by atoms with Crippen molar-refractivity contribution < 1.29 is 19.1 Å². The monoisotopic (exact) mass is 382 g/mol. The molecule has 5 heteroatoms. The molecule has 3 aromatic carbocycles. The van der Waals surface area contributed by atoms with E-state index in [1.807, 2.05) is 30.3 Å². The second kappa shape index (κ2) is 8.23. The molecule has 3 aromatic rings.